The zero-order valence-electron chi connectivity index (χ0n) is 19.2. The van der Waals surface area contributed by atoms with E-state index >= 15 is 0 Å². The predicted molar refractivity (Wildman–Crippen MR) is 129 cm³/mol. The Morgan fingerprint density at radius 3 is 2.39 bits per heavy atom. The molecule has 3 aliphatic rings. The third-order valence-corrected chi connectivity index (χ3v) is 9.00. The van der Waals surface area contributed by atoms with Gasteiger partial charge in [0.05, 0.1) is 5.75 Å². The van der Waals surface area contributed by atoms with E-state index in [0.717, 1.165) is 24.5 Å². The van der Waals surface area contributed by atoms with Gasteiger partial charge in [0, 0.05) is 51.0 Å². The lowest BCUT2D eigenvalue weighted by Gasteiger charge is -2.36. The van der Waals surface area contributed by atoms with Crippen molar-refractivity contribution in [3.63, 3.8) is 0 Å². The predicted octanol–water partition coefficient (Wildman–Crippen LogP) is 2.81. The van der Waals surface area contributed by atoms with Gasteiger partial charge in [-0.3, -0.25) is 4.79 Å². The quantitative estimate of drug-likeness (QED) is 0.652. The van der Waals surface area contributed by atoms with Gasteiger partial charge in [0.1, 0.15) is 5.82 Å². The number of nitrogens with zero attached hydrogens (tertiary/aromatic N) is 4. The second kappa shape index (κ2) is 9.06. The van der Waals surface area contributed by atoms with E-state index in [4.69, 9.17) is 4.98 Å². The summed E-state index contributed by atoms with van der Waals surface area (Å²) >= 11 is 0. The molecule has 1 aromatic carbocycles. The maximum Gasteiger partial charge on any atom is 0.253 e. The molecule has 0 atom stereocenters. The number of benzene rings is 1. The fourth-order valence-corrected chi connectivity index (χ4v) is 6.40. The van der Waals surface area contributed by atoms with Gasteiger partial charge in [-0.1, -0.05) is 18.2 Å². The fourth-order valence-electron chi connectivity index (χ4n) is 4.87. The monoisotopic (exact) mass is 468 g/mol. The van der Waals surface area contributed by atoms with Gasteiger partial charge in [-0.2, -0.15) is 0 Å². The number of carbonyl (C=O) groups excluding carboxylic acids is 1. The number of hydrogen-bond acceptors (Lipinski definition) is 5. The Morgan fingerprint density at radius 2 is 1.79 bits per heavy atom. The average Bonchev–Trinajstić information content (AvgIpc) is 3.61. The fraction of sp³-hybridized carbons (Fsp3) is 0.520. The van der Waals surface area contributed by atoms with E-state index in [-0.39, 0.29) is 11.7 Å². The van der Waals surface area contributed by atoms with E-state index in [9.17, 15) is 13.2 Å². The van der Waals surface area contributed by atoms with Crippen molar-refractivity contribution in [2.45, 2.75) is 38.5 Å². The van der Waals surface area contributed by atoms with E-state index in [1.54, 1.807) is 4.31 Å². The van der Waals surface area contributed by atoms with Gasteiger partial charge in [0.15, 0.2) is 0 Å². The highest BCUT2D eigenvalue weighted by Crippen LogP contribution is 2.40. The van der Waals surface area contributed by atoms with Crippen molar-refractivity contribution in [1.82, 2.24) is 14.2 Å². The molecule has 0 N–H and O–H groups in total. The van der Waals surface area contributed by atoms with Gasteiger partial charge in [0.25, 0.3) is 5.91 Å². The third-order valence-electron chi connectivity index (χ3n) is 7.04. The largest absolute Gasteiger partial charge is 0.353 e. The highest BCUT2D eigenvalue weighted by molar-refractivity contribution is 7.89. The van der Waals surface area contributed by atoms with Crippen LogP contribution >= 0.6 is 0 Å². The Morgan fingerprint density at radius 1 is 1.06 bits per heavy atom. The molecule has 5 rings (SSSR count). The number of amides is 1. The van der Waals surface area contributed by atoms with Crippen molar-refractivity contribution >= 4 is 21.7 Å². The molecule has 2 aliphatic heterocycles. The number of pyridine rings is 1. The summed E-state index contributed by atoms with van der Waals surface area (Å²) in [4.78, 5) is 21.9. The van der Waals surface area contributed by atoms with Crippen molar-refractivity contribution in [3.8, 4) is 0 Å². The maximum absolute atomic E-state index is 13.0. The first-order valence-corrected chi connectivity index (χ1v) is 13.6. The van der Waals surface area contributed by atoms with Crippen LogP contribution in [0.3, 0.4) is 0 Å². The lowest BCUT2D eigenvalue weighted by Crippen LogP contribution is -2.49. The molecule has 1 saturated carbocycles. The van der Waals surface area contributed by atoms with Crippen LogP contribution in [0.2, 0.25) is 0 Å². The van der Waals surface area contributed by atoms with Crippen LogP contribution in [-0.2, 0) is 16.4 Å². The van der Waals surface area contributed by atoms with Gasteiger partial charge in [-0.25, -0.2) is 17.7 Å². The summed E-state index contributed by atoms with van der Waals surface area (Å²) in [5.41, 5.74) is 4.31. The summed E-state index contributed by atoms with van der Waals surface area (Å²) < 4.78 is 25.5. The van der Waals surface area contributed by atoms with Gasteiger partial charge in [-0.15, -0.1) is 0 Å². The lowest BCUT2D eigenvalue weighted by molar-refractivity contribution is 0.0746. The first kappa shape index (κ1) is 22.3. The van der Waals surface area contributed by atoms with Crippen LogP contribution in [0, 0.1) is 6.92 Å². The van der Waals surface area contributed by atoms with Gasteiger partial charge >= 0.3 is 0 Å². The normalized spacial score (nSPS) is 20.9. The molecule has 0 unspecified atom stereocenters. The molecule has 1 aromatic heterocycles. The Kier molecular flexibility index (Phi) is 6.14. The summed E-state index contributed by atoms with van der Waals surface area (Å²) in [7, 11) is -3.06. The van der Waals surface area contributed by atoms with Crippen molar-refractivity contribution < 1.29 is 13.2 Å². The van der Waals surface area contributed by atoms with Gasteiger partial charge in [-0.05, 0) is 67.3 Å². The van der Waals surface area contributed by atoms with E-state index in [2.05, 4.69) is 17.9 Å². The molecule has 3 heterocycles. The number of aryl methyl sites for hydroxylation is 1. The first-order chi connectivity index (χ1) is 15.9. The van der Waals surface area contributed by atoms with E-state index in [1.807, 2.05) is 35.4 Å². The minimum atomic E-state index is -3.06. The molecule has 33 heavy (non-hydrogen) atoms. The minimum Gasteiger partial charge on any atom is -0.353 e. The van der Waals surface area contributed by atoms with Crippen LogP contribution in [0.4, 0.5) is 5.82 Å². The zero-order valence-corrected chi connectivity index (χ0v) is 20.1. The molecule has 3 fully saturated rings. The van der Waals surface area contributed by atoms with Crippen molar-refractivity contribution in [1.29, 1.82) is 0 Å². The molecule has 1 aliphatic carbocycles. The highest BCUT2D eigenvalue weighted by Gasteiger charge is 2.28. The molecular formula is C25H32N4O3S. The Bertz CT molecular complexity index is 1120. The van der Waals surface area contributed by atoms with Crippen LogP contribution in [0.5, 0.6) is 0 Å². The number of aromatic nitrogens is 1. The summed E-state index contributed by atoms with van der Waals surface area (Å²) in [6, 6.07) is 9.90. The van der Waals surface area contributed by atoms with Crippen LogP contribution in [0.15, 0.2) is 36.5 Å². The van der Waals surface area contributed by atoms with Crippen molar-refractivity contribution in [2.24, 2.45) is 0 Å². The van der Waals surface area contributed by atoms with Crippen LogP contribution in [0.1, 0.15) is 52.2 Å². The van der Waals surface area contributed by atoms with E-state index in [1.165, 1.54) is 24.0 Å². The number of carbonyl (C=O) groups is 1. The molecular weight excluding hydrogens is 436 g/mol. The summed E-state index contributed by atoms with van der Waals surface area (Å²) in [6.07, 6.45) is 5.96. The molecule has 2 aromatic rings. The van der Waals surface area contributed by atoms with Crippen molar-refractivity contribution in [2.75, 3.05) is 49.9 Å². The Hall–Kier alpha value is -2.45. The van der Waals surface area contributed by atoms with Crippen LogP contribution in [0.25, 0.3) is 0 Å². The molecule has 176 valence electrons. The number of piperazine rings is 1. The Labute approximate surface area is 196 Å². The first-order valence-electron chi connectivity index (χ1n) is 12.0. The number of sulfonamides is 1. The zero-order chi connectivity index (χ0) is 23.0. The second-order valence-corrected chi connectivity index (χ2v) is 11.6. The topological polar surface area (TPSA) is 73.8 Å². The summed E-state index contributed by atoms with van der Waals surface area (Å²) in [6.45, 7) is 6.18. The van der Waals surface area contributed by atoms with E-state index < -0.39 is 10.0 Å². The molecule has 0 spiro atoms. The van der Waals surface area contributed by atoms with Crippen LogP contribution in [-0.4, -0.2) is 73.5 Å². The van der Waals surface area contributed by atoms with E-state index in [0.29, 0.717) is 50.5 Å². The maximum atomic E-state index is 13.0. The van der Waals surface area contributed by atoms with Crippen molar-refractivity contribution in [3.05, 3.63) is 58.8 Å². The summed E-state index contributed by atoms with van der Waals surface area (Å²) in [5, 5.41) is 0. The smallest absolute Gasteiger partial charge is 0.253 e. The minimum absolute atomic E-state index is 0.0529. The highest BCUT2D eigenvalue weighted by atomic mass is 32.2. The molecule has 0 radical (unpaired) electrons. The standard InChI is InChI=1S/C25H32N4O3S/c1-19-17-23(21-7-8-21)18-26-24(19)27-12-14-28(15-13-27)25(30)22-5-3-20(4-6-22)9-11-29-10-2-16-33(29,31)32/h3-6,17-18,21H,2,7-16H2,1H3. The van der Waals surface area contributed by atoms with Gasteiger partial charge in [0.2, 0.25) is 10.0 Å². The SMILES string of the molecule is Cc1cc(C2CC2)cnc1N1CCN(C(=O)c2ccc(CCN3CCCS3(=O)=O)cc2)CC1. The molecule has 1 amide bonds. The molecule has 7 nitrogen and oxygen atoms in total. The molecule has 0 bridgehead atoms. The third kappa shape index (κ3) is 4.92. The second-order valence-electron chi connectivity index (χ2n) is 9.48. The average molecular weight is 469 g/mol. The molecule has 2 saturated heterocycles. The van der Waals surface area contributed by atoms with Crippen LogP contribution < -0.4 is 4.90 Å². The Balaban J connectivity index is 1.15. The number of rotatable bonds is 6. The lowest BCUT2D eigenvalue weighted by atomic mass is 10.1. The molecule has 8 heteroatoms. The number of anilines is 1. The number of hydrogen-bond donors (Lipinski definition) is 0. The van der Waals surface area contributed by atoms with Gasteiger partial charge < -0.3 is 9.80 Å². The summed E-state index contributed by atoms with van der Waals surface area (Å²) in [5.74, 6) is 2.06.